The summed E-state index contributed by atoms with van der Waals surface area (Å²) in [6, 6.07) is -0.676. The summed E-state index contributed by atoms with van der Waals surface area (Å²) in [5.74, 6) is -1.04. The van der Waals surface area contributed by atoms with Crippen LogP contribution >= 0.6 is 0 Å². The molecule has 0 aromatic heterocycles. The van der Waals surface area contributed by atoms with Crippen LogP contribution in [0.25, 0.3) is 0 Å². The lowest BCUT2D eigenvalue weighted by Gasteiger charge is -2.27. The lowest BCUT2D eigenvalue weighted by molar-refractivity contribution is -0.140. The molecule has 1 aliphatic rings. The number of carboxylic acids is 1. The molecule has 0 aliphatic carbocycles. The second kappa shape index (κ2) is 8.22. The molecular formula is C15H29N3O3. The number of rotatable bonds is 7. The first-order valence-corrected chi connectivity index (χ1v) is 7.96. The molecule has 0 aromatic carbocycles. The van der Waals surface area contributed by atoms with Crippen LogP contribution in [0.3, 0.4) is 0 Å². The number of nitrogens with one attached hydrogen (secondary N) is 1. The number of hydrogen-bond donors (Lipinski definition) is 2. The smallest absolute Gasteiger partial charge is 0.326 e. The van der Waals surface area contributed by atoms with E-state index in [1.165, 1.54) is 0 Å². The molecule has 1 aliphatic heterocycles. The Morgan fingerprint density at radius 2 is 1.95 bits per heavy atom. The molecule has 0 radical (unpaired) electrons. The quantitative estimate of drug-likeness (QED) is 0.749. The molecule has 1 saturated heterocycles. The van der Waals surface area contributed by atoms with E-state index in [1.54, 1.807) is 4.90 Å². The van der Waals surface area contributed by atoms with Gasteiger partial charge in [0.2, 0.25) is 0 Å². The predicted octanol–water partition coefficient (Wildman–Crippen LogP) is 1.61. The van der Waals surface area contributed by atoms with E-state index < -0.39 is 12.0 Å². The van der Waals surface area contributed by atoms with Crippen molar-refractivity contribution in [2.45, 2.75) is 52.6 Å². The highest BCUT2D eigenvalue weighted by molar-refractivity contribution is 5.83. The van der Waals surface area contributed by atoms with Gasteiger partial charge in [-0.15, -0.1) is 0 Å². The highest BCUT2D eigenvalue weighted by atomic mass is 16.4. The number of carbonyl (C=O) groups excluding carboxylic acids is 1. The summed E-state index contributed by atoms with van der Waals surface area (Å²) < 4.78 is 0. The summed E-state index contributed by atoms with van der Waals surface area (Å²) in [4.78, 5) is 27.6. The molecule has 0 saturated carbocycles. The first-order chi connectivity index (χ1) is 9.94. The molecule has 0 bridgehead atoms. The highest BCUT2D eigenvalue weighted by Gasteiger charge is 2.32. The van der Waals surface area contributed by atoms with E-state index in [1.807, 2.05) is 13.8 Å². The molecule has 2 N–H and O–H groups in total. The third-order valence-corrected chi connectivity index (χ3v) is 4.54. The maximum Gasteiger partial charge on any atom is 0.326 e. The highest BCUT2D eigenvalue weighted by Crippen LogP contribution is 2.16. The predicted molar refractivity (Wildman–Crippen MR) is 82.3 cm³/mol. The van der Waals surface area contributed by atoms with E-state index in [2.05, 4.69) is 24.1 Å². The molecule has 3 atom stereocenters. The van der Waals surface area contributed by atoms with Crippen LogP contribution in [0.15, 0.2) is 0 Å². The van der Waals surface area contributed by atoms with Gasteiger partial charge in [-0.1, -0.05) is 34.1 Å². The van der Waals surface area contributed by atoms with Crippen LogP contribution in [0.2, 0.25) is 0 Å². The zero-order chi connectivity index (χ0) is 16.0. The van der Waals surface area contributed by atoms with E-state index in [0.717, 1.165) is 25.9 Å². The van der Waals surface area contributed by atoms with Crippen LogP contribution in [0.4, 0.5) is 4.79 Å². The number of nitrogens with zero attached hydrogens (tertiary/aromatic N) is 2. The molecule has 122 valence electrons. The van der Waals surface area contributed by atoms with Gasteiger partial charge in [-0.2, -0.15) is 0 Å². The summed E-state index contributed by atoms with van der Waals surface area (Å²) in [5, 5.41) is 11.9. The van der Waals surface area contributed by atoms with Crippen molar-refractivity contribution in [2.75, 3.05) is 26.2 Å². The maximum absolute atomic E-state index is 12.3. The van der Waals surface area contributed by atoms with Gasteiger partial charge in [0.15, 0.2) is 0 Å². The third-order valence-electron chi connectivity index (χ3n) is 4.54. The minimum atomic E-state index is -0.961. The lowest BCUT2D eigenvalue weighted by atomic mass is 9.99. The molecule has 6 heteroatoms. The second-order valence-electron chi connectivity index (χ2n) is 5.76. The maximum atomic E-state index is 12.3. The van der Waals surface area contributed by atoms with Crippen LogP contribution in [0.5, 0.6) is 0 Å². The van der Waals surface area contributed by atoms with Gasteiger partial charge in [-0.05, 0) is 25.4 Å². The van der Waals surface area contributed by atoms with Crippen molar-refractivity contribution in [3.8, 4) is 0 Å². The van der Waals surface area contributed by atoms with Crippen LogP contribution < -0.4 is 5.32 Å². The molecule has 21 heavy (non-hydrogen) atoms. The zero-order valence-electron chi connectivity index (χ0n) is 13.6. The first kappa shape index (κ1) is 17.8. The number of aliphatic carboxylic acids is 1. The summed E-state index contributed by atoms with van der Waals surface area (Å²) in [7, 11) is 0. The molecule has 6 nitrogen and oxygen atoms in total. The minimum absolute atomic E-state index is 0.0763. The standard InChI is InChI=1S/C15H29N3O3/c1-5-11(4)13(14(19)20)16-15(21)18-9-8-12(10-18)17(6-2)7-3/h11-13H,5-10H2,1-4H3,(H,16,21)(H,19,20)/t11-,12?,13-/m0/s1. The van der Waals surface area contributed by atoms with Crippen LogP contribution in [-0.4, -0.2) is 65.2 Å². The fourth-order valence-electron chi connectivity index (χ4n) is 2.87. The van der Waals surface area contributed by atoms with Gasteiger partial charge >= 0.3 is 12.0 Å². The minimum Gasteiger partial charge on any atom is -0.480 e. The van der Waals surface area contributed by atoms with Gasteiger partial charge in [0.1, 0.15) is 6.04 Å². The molecule has 1 fully saturated rings. The molecule has 1 rings (SSSR count). The van der Waals surface area contributed by atoms with Crippen LogP contribution in [-0.2, 0) is 4.79 Å². The second-order valence-corrected chi connectivity index (χ2v) is 5.76. The molecular weight excluding hydrogens is 270 g/mol. The van der Waals surface area contributed by atoms with E-state index in [0.29, 0.717) is 19.1 Å². The van der Waals surface area contributed by atoms with Gasteiger partial charge in [0, 0.05) is 19.1 Å². The molecule has 0 spiro atoms. The number of carbonyl (C=O) groups is 2. The van der Waals surface area contributed by atoms with Crippen molar-refractivity contribution in [2.24, 2.45) is 5.92 Å². The number of amides is 2. The Kier molecular flexibility index (Phi) is 6.95. The van der Waals surface area contributed by atoms with Crippen molar-refractivity contribution in [1.29, 1.82) is 0 Å². The zero-order valence-corrected chi connectivity index (χ0v) is 13.6. The Labute approximate surface area is 127 Å². The first-order valence-electron chi connectivity index (χ1n) is 7.96. The van der Waals surface area contributed by atoms with Crippen LogP contribution in [0, 0.1) is 5.92 Å². The molecule has 1 heterocycles. The number of urea groups is 1. The summed E-state index contributed by atoms with van der Waals surface area (Å²) in [6.07, 6.45) is 1.68. The molecule has 2 amide bonds. The van der Waals surface area contributed by atoms with Gasteiger partial charge in [0.05, 0.1) is 0 Å². The van der Waals surface area contributed by atoms with Gasteiger partial charge in [-0.25, -0.2) is 9.59 Å². The fraction of sp³-hybridized carbons (Fsp3) is 0.867. The number of likely N-dealkylation sites (N-methyl/N-ethyl adjacent to an activating group) is 1. The van der Waals surface area contributed by atoms with Crippen molar-refractivity contribution < 1.29 is 14.7 Å². The number of carboxylic acid groups (broad SMARTS) is 1. The Hall–Kier alpha value is -1.30. The lowest BCUT2D eigenvalue weighted by Crippen LogP contribution is -2.50. The van der Waals surface area contributed by atoms with Crippen molar-refractivity contribution in [3.63, 3.8) is 0 Å². The summed E-state index contributed by atoms with van der Waals surface area (Å²) in [6.45, 7) is 11.3. The van der Waals surface area contributed by atoms with Gasteiger partial charge in [0.25, 0.3) is 0 Å². The monoisotopic (exact) mass is 299 g/mol. The third kappa shape index (κ3) is 4.59. The van der Waals surface area contributed by atoms with E-state index in [9.17, 15) is 14.7 Å². The van der Waals surface area contributed by atoms with E-state index >= 15 is 0 Å². The normalized spacial score (nSPS) is 21.4. The van der Waals surface area contributed by atoms with Crippen LogP contribution in [0.1, 0.15) is 40.5 Å². The van der Waals surface area contributed by atoms with Gasteiger partial charge < -0.3 is 15.3 Å². The SMILES string of the molecule is CC[C@H](C)[C@H](NC(=O)N1CCC(N(CC)CC)C1)C(=O)O. The summed E-state index contributed by atoms with van der Waals surface area (Å²) in [5.41, 5.74) is 0. The topological polar surface area (TPSA) is 72.9 Å². The average molecular weight is 299 g/mol. The van der Waals surface area contributed by atoms with Crippen molar-refractivity contribution in [3.05, 3.63) is 0 Å². The number of likely N-dealkylation sites (tertiary alicyclic amines) is 1. The van der Waals surface area contributed by atoms with E-state index in [-0.39, 0.29) is 11.9 Å². The van der Waals surface area contributed by atoms with Crippen molar-refractivity contribution >= 4 is 12.0 Å². The Morgan fingerprint density at radius 3 is 2.43 bits per heavy atom. The average Bonchev–Trinajstić information content (AvgIpc) is 2.94. The largest absolute Gasteiger partial charge is 0.480 e. The Bertz CT molecular complexity index is 358. The molecule has 1 unspecified atom stereocenters. The van der Waals surface area contributed by atoms with Crippen molar-refractivity contribution in [1.82, 2.24) is 15.1 Å². The molecule has 0 aromatic rings. The van der Waals surface area contributed by atoms with Gasteiger partial charge in [-0.3, -0.25) is 4.90 Å². The van der Waals surface area contributed by atoms with E-state index in [4.69, 9.17) is 0 Å². The Balaban J connectivity index is 2.58. The Morgan fingerprint density at radius 1 is 1.33 bits per heavy atom. The number of hydrogen-bond acceptors (Lipinski definition) is 3. The summed E-state index contributed by atoms with van der Waals surface area (Å²) >= 11 is 0. The fourth-order valence-corrected chi connectivity index (χ4v) is 2.87.